The fourth-order valence-corrected chi connectivity index (χ4v) is 2.38. The van der Waals surface area contributed by atoms with Gasteiger partial charge in [0.05, 0.1) is 12.2 Å². The van der Waals surface area contributed by atoms with E-state index in [1.54, 1.807) is 37.4 Å². The van der Waals surface area contributed by atoms with E-state index in [4.69, 9.17) is 0 Å². The van der Waals surface area contributed by atoms with Gasteiger partial charge in [-0.15, -0.1) is 11.3 Å². The van der Waals surface area contributed by atoms with Gasteiger partial charge in [0, 0.05) is 39.0 Å². The van der Waals surface area contributed by atoms with Crippen LogP contribution in [0.3, 0.4) is 0 Å². The Hall–Kier alpha value is -1.63. The van der Waals surface area contributed by atoms with Gasteiger partial charge in [0.15, 0.2) is 5.96 Å². The molecule has 0 radical (unpaired) electrons. The SMILES string of the molecule is CN=C(NCCC(=O)N(C)C)NCc1nc(C)c(C)s1. The van der Waals surface area contributed by atoms with Crippen LogP contribution in [0.5, 0.6) is 0 Å². The van der Waals surface area contributed by atoms with Crippen molar-refractivity contribution in [1.29, 1.82) is 0 Å². The minimum Gasteiger partial charge on any atom is -0.356 e. The maximum Gasteiger partial charge on any atom is 0.223 e. The minimum absolute atomic E-state index is 0.0964. The van der Waals surface area contributed by atoms with Crippen molar-refractivity contribution in [3.63, 3.8) is 0 Å². The monoisotopic (exact) mass is 297 g/mol. The second-order valence-corrected chi connectivity index (χ2v) is 5.93. The zero-order valence-corrected chi connectivity index (χ0v) is 13.6. The number of hydrogen-bond donors (Lipinski definition) is 2. The van der Waals surface area contributed by atoms with Gasteiger partial charge in [-0.1, -0.05) is 0 Å². The van der Waals surface area contributed by atoms with Crippen molar-refractivity contribution in [2.24, 2.45) is 4.99 Å². The van der Waals surface area contributed by atoms with Crippen molar-refractivity contribution in [1.82, 2.24) is 20.5 Å². The molecule has 0 bridgehead atoms. The maximum absolute atomic E-state index is 11.4. The first-order valence-corrected chi connectivity index (χ1v) is 7.33. The molecule has 0 atom stereocenters. The highest BCUT2D eigenvalue weighted by atomic mass is 32.1. The Kier molecular flexibility index (Phi) is 6.44. The Bertz CT molecular complexity index is 462. The van der Waals surface area contributed by atoms with Gasteiger partial charge in [-0.2, -0.15) is 0 Å². The smallest absolute Gasteiger partial charge is 0.223 e. The lowest BCUT2D eigenvalue weighted by molar-refractivity contribution is -0.128. The molecule has 1 aromatic heterocycles. The van der Waals surface area contributed by atoms with E-state index in [9.17, 15) is 4.79 Å². The number of nitrogens with one attached hydrogen (secondary N) is 2. The van der Waals surface area contributed by atoms with Gasteiger partial charge in [0.1, 0.15) is 5.01 Å². The number of carbonyl (C=O) groups is 1. The number of thiazole rings is 1. The molecule has 1 amide bonds. The number of aryl methyl sites for hydroxylation is 2. The molecule has 1 heterocycles. The Balaban J connectivity index is 2.35. The van der Waals surface area contributed by atoms with Crippen LogP contribution in [-0.2, 0) is 11.3 Å². The van der Waals surface area contributed by atoms with Crippen molar-refractivity contribution in [3.8, 4) is 0 Å². The quantitative estimate of drug-likeness (QED) is 0.626. The highest BCUT2D eigenvalue weighted by Gasteiger charge is 2.06. The molecular formula is C13H23N5OS. The number of rotatable bonds is 5. The first-order chi connectivity index (χ1) is 9.43. The molecule has 7 heteroatoms. The van der Waals surface area contributed by atoms with E-state index in [0.29, 0.717) is 25.5 Å². The molecule has 1 aromatic rings. The third-order valence-corrected chi connectivity index (χ3v) is 3.91. The summed E-state index contributed by atoms with van der Waals surface area (Å²) in [5.74, 6) is 0.779. The van der Waals surface area contributed by atoms with Crippen LogP contribution in [0.2, 0.25) is 0 Å². The van der Waals surface area contributed by atoms with E-state index < -0.39 is 0 Å². The van der Waals surface area contributed by atoms with Crippen molar-refractivity contribution < 1.29 is 4.79 Å². The summed E-state index contributed by atoms with van der Waals surface area (Å²) in [5.41, 5.74) is 1.08. The fourth-order valence-electron chi connectivity index (χ4n) is 1.51. The number of nitrogens with zero attached hydrogens (tertiary/aromatic N) is 3. The molecule has 0 fully saturated rings. The van der Waals surface area contributed by atoms with Crippen molar-refractivity contribution in [3.05, 3.63) is 15.6 Å². The first kappa shape index (κ1) is 16.4. The van der Waals surface area contributed by atoms with Crippen molar-refractivity contribution in [2.75, 3.05) is 27.7 Å². The number of carbonyl (C=O) groups excluding carboxylic acids is 1. The predicted octanol–water partition coefficient (Wildman–Crippen LogP) is 0.903. The van der Waals surface area contributed by atoms with Gasteiger partial charge >= 0.3 is 0 Å². The van der Waals surface area contributed by atoms with E-state index in [1.807, 2.05) is 6.92 Å². The summed E-state index contributed by atoms with van der Waals surface area (Å²) in [6.45, 7) is 5.28. The Morgan fingerprint density at radius 2 is 2.05 bits per heavy atom. The topological polar surface area (TPSA) is 69.6 Å². The number of aromatic nitrogens is 1. The van der Waals surface area contributed by atoms with Crippen LogP contribution < -0.4 is 10.6 Å². The van der Waals surface area contributed by atoms with Gasteiger partial charge in [-0.05, 0) is 13.8 Å². The molecule has 1 rings (SSSR count). The Morgan fingerprint density at radius 1 is 1.35 bits per heavy atom. The minimum atomic E-state index is 0.0964. The van der Waals surface area contributed by atoms with Crippen molar-refractivity contribution in [2.45, 2.75) is 26.8 Å². The molecule has 0 aromatic carbocycles. The molecule has 20 heavy (non-hydrogen) atoms. The highest BCUT2D eigenvalue weighted by Crippen LogP contribution is 2.15. The molecule has 0 unspecified atom stereocenters. The summed E-state index contributed by atoms with van der Waals surface area (Å²) in [6, 6.07) is 0. The summed E-state index contributed by atoms with van der Waals surface area (Å²) in [6.07, 6.45) is 0.448. The van der Waals surface area contributed by atoms with Gasteiger partial charge in [-0.25, -0.2) is 4.98 Å². The van der Waals surface area contributed by atoms with Crippen molar-refractivity contribution >= 4 is 23.2 Å². The van der Waals surface area contributed by atoms with Gasteiger partial charge in [-0.3, -0.25) is 9.79 Å². The molecule has 0 saturated heterocycles. The molecule has 0 aliphatic carbocycles. The van der Waals surface area contributed by atoms with E-state index in [0.717, 1.165) is 10.7 Å². The van der Waals surface area contributed by atoms with Crippen LogP contribution in [0, 0.1) is 13.8 Å². The zero-order chi connectivity index (χ0) is 15.1. The Labute approximate surface area is 124 Å². The molecule has 0 aliphatic heterocycles. The summed E-state index contributed by atoms with van der Waals surface area (Å²) < 4.78 is 0. The zero-order valence-electron chi connectivity index (χ0n) is 12.8. The number of amides is 1. The number of aliphatic imine (C=N–C) groups is 1. The summed E-state index contributed by atoms with van der Waals surface area (Å²) in [5, 5.41) is 7.34. The van der Waals surface area contributed by atoms with Gasteiger partial charge in [0.25, 0.3) is 0 Å². The third-order valence-electron chi connectivity index (χ3n) is 2.83. The van der Waals surface area contributed by atoms with E-state index >= 15 is 0 Å². The second kappa shape index (κ2) is 7.84. The van der Waals surface area contributed by atoms with Crippen LogP contribution in [0.4, 0.5) is 0 Å². The van der Waals surface area contributed by atoms with E-state index in [2.05, 4.69) is 27.5 Å². The predicted molar refractivity (Wildman–Crippen MR) is 83.1 cm³/mol. The molecule has 0 saturated carbocycles. The van der Waals surface area contributed by atoms with E-state index in [1.165, 1.54) is 4.88 Å². The largest absolute Gasteiger partial charge is 0.356 e. The summed E-state index contributed by atoms with van der Waals surface area (Å²) in [7, 11) is 5.21. The summed E-state index contributed by atoms with van der Waals surface area (Å²) in [4.78, 5) is 22.9. The maximum atomic E-state index is 11.4. The number of guanidine groups is 1. The van der Waals surface area contributed by atoms with Crippen LogP contribution in [0.25, 0.3) is 0 Å². The van der Waals surface area contributed by atoms with Crippen LogP contribution in [0.15, 0.2) is 4.99 Å². The second-order valence-electron chi connectivity index (χ2n) is 4.64. The lowest BCUT2D eigenvalue weighted by Gasteiger charge is -2.13. The lowest BCUT2D eigenvalue weighted by atomic mass is 10.4. The molecule has 0 aliphatic rings. The van der Waals surface area contributed by atoms with Crippen LogP contribution in [0.1, 0.15) is 22.0 Å². The fraction of sp³-hybridized carbons (Fsp3) is 0.615. The summed E-state index contributed by atoms with van der Waals surface area (Å²) >= 11 is 1.68. The lowest BCUT2D eigenvalue weighted by Crippen LogP contribution is -2.38. The molecule has 2 N–H and O–H groups in total. The van der Waals surface area contributed by atoms with Gasteiger partial charge < -0.3 is 15.5 Å². The average molecular weight is 297 g/mol. The third kappa shape index (κ3) is 5.16. The molecule has 112 valence electrons. The highest BCUT2D eigenvalue weighted by molar-refractivity contribution is 7.11. The standard InChI is InChI=1S/C13H23N5OS/c1-9-10(2)20-11(17-9)8-16-13(14-3)15-7-6-12(19)18(4)5/h6-8H2,1-5H3,(H2,14,15,16). The molecule has 0 spiro atoms. The Morgan fingerprint density at radius 3 is 2.55 bits per heavy atom. The first-order valence-electron chi connectivity index (χ1n) is 6.51. The normalized spacial score (nSPS) is 11.3. The van der Waals surface area contributed by atoms with Crippen LogP contribution in [-0.4, -0.2) is 49.4 Å². The van der Waals surface area contributed by atoms with Gasteiger partial charge in [0.2, 0.25) is 5.91 Å². The molecule has 6 nitrogen and oxygen atoms in total. The number of hydrogen-bond acceptors (Lipinski definition) is 4. The molecular weight excluding hydrogens is 274 g/mol. The average Bonchev–Trinajstić information content (AvgIpc) is 2.72. The van der Waals surface area contributed by atoms with Crippen LogP contribution >= 0.6 is 11.3 Å². The van der Waals surface area contributed by atoms with E-state index in [-0.39, 0.29) is 5.91 Å².